The van der Waals surface area contributed by atoms with E-state index in [1.165, 1.54) is 43.5 Å². The van der Waals surface area contributed by atoms with Gasteiger partial charge in [0.1, 0.15) is 17.9 Å². The quantitative estimate of drug-likeness (QED) is 0.566. The van der Waals surface area contributed by atoms with Crippen molar-refractivity contribution in [1.82, 2.24) is 10.2 Å². The Labute approximate surface area is 199 Å². The third-order valence-corrected chi connectivity index (χ3v) is 6.59. The van der Waals surface area contributed by atoms with E-state index in [0.29, 0.717) is 24.1 Å². The van der Waals surface area contributed by atoms with Crippen molar-refractivity contribution in [2.24, 2.45) is 0 Å². The van der Waals surface area contributed by atoms with E-state index in [9.17, 15) is 18.8 Å². The van der Waals surface area contributed by atoms with E-state index in [1.807, 2.05) is 31.2 Å². The lowest BCUT2D eigenvalue weighted by atomic mass is 9.85. The Hall–Kier alpha value is -3.42. The van der Waals surface area contributed by atoms with E-state index >= 15 is 0 Å². The molecule has 2 saturated heterocycles. The molecule has 0 aliphatic carbocycles. The van der Waals surface area contributed by atoms with Crippen LogP contribution in [0.5, 0.6) is 0 Å². The smallest absolute Gasteiger partial charge is 0.325 e. The molecule has 180 valence electrons. The summed E-state index contributed by atoms with van der Waals surface area (Å²) >= 11 is 0. The first-order valence-electron chi connectivity index (χ1n) is 12.0. The van der Waals surface area contributed by atoms with Crippen LogP contribution in [0.1, 0.15) is 51.0 Å². The second kappa shape index (κ2) is 10.2. The molecule has 2 aliphatic rings. The first-order valence-corrected chi connectivity index (χ1v) is 12.0. The van der Waals surface area contributed by atoms with Gasteiger partial charge < -0.3 is 15.5 Å². The van der Waals surface area contributed by atoms with E-state index in [4.69, 9.17) is 0 Å². The molecule has 2 aromatic rings. The standard InChI is InChI=1S/C26H31FN4O3/c1-2-3-15-26(19-7-9-20(27)10-8-19)24(33)31(25(34)29-26)18-23(32)28-21-11-13-22(14-12-21)30-16-5-4-6-17-30/h7-14H,2-6,15-18H2,1H3,(H,28,32)(H,29,34)/t26-/m1/s1. The van der Waals surface area contributed by atoms with Gasteiger partial charge in [-0.15, -0.1) is 0 Å². The third kappa shape index (κ3) is 4.90. The minimum atomic E-state index is -1.29. The van der Waals surface area contributed by atoms with Gasteiger partial charge in [0.2, 0.25) is 5.91 Å². The van der Waals surface area contributed by atoms with E-state index in [1.54, 1.807) is 0 Å². The number of hydrogen-bond donors (Lipinski definition) is 2. The SMILES string of the molecule is CCCC[C@]1(c2ccc(F)cc2)NC(=O)N(CC(=O)Nc2ccc(N3CCCCC3)cc2)C1=O. The summed E-state index contributed by atoms with van der Waals surface area (Å²) in [7, 11) is 0. The Kier molecular flexibility index (Phi) is 7.14. The molecule has 0 unspecified atom stereocenters. The van der Waals surface area contributed by atoms with Crippen molar-refractivity contribution in [3.8, 4) is 0 Å². The van der Waals surface area contributed by atoms with Crippen LogP contribution in [0.2, 0.25) is 0 Å². The molecular weight excluding hydrogens is 435 g/mol. The third-order valence-electron chi connectivity index (χ3n) is 6.59. The van der Waals surface area contributed by atoms with Crippen molar-refractivity contribution in [3.05, 3.63) is 59.9 Å². The van der Waals surface area contributed by atoms with Gasteiger partial charge in [0.25, 0.3) is 5.91 Å². The Morgan fingerprint density at radius 3 is 2.35 bits per heavy atom. The monoisotopic (exact) mass is 466 g/mol. The van der Waals surface area contributed by atoms with Crippen LogP contribution >= 0.6 is 0 Å². The number of urea groups is 1. The maximum atomic E-state index is 13.5. The maximum Gasteiger partial charge on any atom is 0.325 e. The Morgan fingerprint density at radius 2 is 1.71 bits per heavy atom. The van der Waals surface area contributed by atoms with Crippen LogP contribution < -0.4 is 15.5 Å². The highest BCUT2D eigenvalue weighted by Gasteiger charge is 2.52. The van der Waals surface area contributed by atoms with Gasteiger partial charge in [-0.05, 0) is 67.6 Å². The minimum absolute atomic E-state index is 0.371. The van der Waals surface area contributed by atoms with Gasteiger partial charge >= 0.3 is 6.03 Å². The fourth-order valence-electron chi connectivity index (χ4n) is 4.71. The Balaban J connectivity index is 1.44. The van der Waals surface area contributed by atoms with Crippen molar-refractivity contribution in [2.75, 3.05) is 29.9 Å². The molecule has 2 N–H and O–H groups in total. The summed E-state index contributed by atoms with van der Waals surface area (Å²) in [6.45, 7) is 3.66. The predicted octanol–water partition coefficient (Wildman–Crippen LogP) is 4.39. The zero-order valence-electron chi connectivity index (χ0n) is 19.5. The number of unbranched alkanes of at least 4 members (excludes halogenated alkanes) is 1. The number of piperidine rings is 1. The van der Waals surface area contributed by atoms with Crippen molar-refractivity contribution in [2.45, 2.75) is 51.0 Å². The van der Waals surface area contributed by atoms with E-state index < -0.39 is 35.7 Å². The van der Waals surface area contributed by atoms with Crippen molar-refractivity contribution in [1.29, 1.82) is 0 Å². The van der Waals surface area contributed by atoms with Gasteiger partial charge in [0, 0.05) is 24.5 Å². The lowest BCUT2D eigenvalue weighted by Gasteiger charge is -2.28. The largest absolute Gasteiger partial charge is 0.372 e. The van der Waals surface area contributed by atoms with E-state index in [-0.39, 0.29) is 0 Å². The van der Waals surface area contributed by atoms with E-state index in [0.717, 1.165) is 30.1 Å². The topological polar surface area (TPSA) is 81.8 Å². The Morgan fingerprint density at radius 1 is 1.03 bits per heavy atom. The molecule has 1 atom stereocenters. The molecule has 7 nitrogen and oxygen atoms in total. The molecular formula is C26H31FN4O3. The molecule has 0 spiro atoms. The summed E-state index contributed by atoms with van der Waals surface area (Å²) in [5, 5.41) is 5.56. The number of rotatable bonds is 8. The van der Waals surface area contributed by atoms with Crippen LogP contribution in [-0.2, 0) is 15.1 Å². The summed E-state index contributed by atoms with van der Waals surface area (Å²) < 4.78 is 13.5. The normalized spacial score (nSPS) is 20.4. The molecule has 0 saturated carbocycles. The lowest BCUT2D eigenvalue weighted by Crippen LogP contribution is -2.44. The molecule has 2 heterocycles. The minimum Gasteiger partial charge on any atom is -0.372 e. The molecule has 2 fully saturated rings. The van der Waals surface area contributed by atoms with Gasteiger partial charge in [-0.1, -0.05) is 31.9 Å². The fraction of sp³-hybridized carbons (Fsp3) is 0.423. The van der Waals surface area contributed by atoms with Gasteiger partial charge in [-0.3, -0.25) is 14.5 Å². The average Bonchev–Trinajstić information content (AvgIpc) is 3.09. The highest BCUT2D eigenvalue weighted by molar-refractivity contribution is 6.10. The second-order valence-corrected chi connectivity index (χ2v) is 8.98. The molecule has 2 aliphatic heterocycles. The highest BCUT2D eigenvalue weighted by Crippen LogP contribution is 2.34. The van der Waals surface area contributed by atoms with Crippen molar-refractivity contribution < 1.29 is 18.8 Å². The van der Waals surface area contributed by atoms with Gasteiger partial charge in [-0.2, -0.15) is 0 Å². The molecule has 34 heavy (non-hydrogen) atoms. The number of carbonyl (C=O) groups is 3. The molecule has 0 bridgehead atoms. The van der Waals surface area contributed by atoms with Crippen molar-refractivity contribution >= 4 is 29.2 Å². The van der Waals surface area contributed by atoms with Crippen LogP contribution in [0, 0.1) is 5.82 Å². The molecule has 0 aromatic heterocycles. The number of hydrogen-bond acceptors (Lipinski definition) is 4. The van der Waals surface area contributed by atoms with Crippen LogP contribution in [-0.4, -0.2) is 42.4 Å². The number of imide groups is 1. The number of nitrogens with one attached hydrogen (secondary N) is 2. The van der Waals surface area contributed by atoms with Crippen molar-refractivity contribution in [3.63, 3.8) is 0 Å². The van der Waals surface area contributed by atoms with E-state index in [2.05, 4.69) is 15.5 Å². The summed E-state index contributed by atoms with van der Waals surface area (Å²) in [5.41, 5.74) is 0.939. The number of nitrogens with zero attached hydrogens (tertiary/aromatic N) is 2. The fourth-order valence-corrected chi connectivity index (χ4v) is 4.71. The predicted molar refractivity (Wildman–Crippen MR) is 129 cm³/mol. The lowest BCUT2D eigenvalue weighted by molar-refractivity contribution is -0.134. The van der Waals surface area contributed by atoms with Gasteiger partial charge in [0.15, 0.2) is 0 Å². The highest BCUT2D eigenvalue weighted by atomic mass is 19.1. The first kappa shape index (κ1) is 23.7. The van der Waals surface area contributed by atoms with Crippen LogP contribution in [0.4, 0.5) is 20.6 Å². The van der Waals surface area contributed by atoms with Gasteiger partial charge in [-0.25, -0.2) is 9.18 Å². The number of carbonyl (C=O) groups excluding carboxylic acids is 3. The van der Waals surface area contributed by atoms with Crippen LogP contribution in [0.3, 0.4) is 0 Å². The molecule has 8 heteroatoms. The Bertz CT molecular complexity index is 1040. The molecule has 2 aromatic carbocycles. The summed E-state index contributed by atoms with van der Waals surface area (Å²) in [4.78, 5) is 42.1. The first-order chi connectivity index (χ1) is 16.4. The number of halogens is 1. The average molecular weight is 467 g/mol. The van der Waals surface area contributed by atoms with Gasteiger partial charge in [0.05, 0.1) is 0 Å². The number of amides is 4. The zero-order valence-corrected chi connectivity index (χ0v) is 19.5. The second-order valence-electron chi connectivity index (χ2n) is 8.98. The number of benzene rings is 2. The molecule has 4 rings (SSSR count). The number of anilines is 2. The molecule has 4 amide bonds. The zero-order chi connectivity index (χ0) is 24.1. The van der Waals surface area contributed by atoms with Crippen LogP contribution in [0.15, 0.2) is 48.5 Å². The van der Waals surface area contributed by atoms with Crippen LogP contribution in [0.25, 0.3) is 0 Å². The summed E-state index contributed by atoms with van der Waals surface area (Å²) in [5.74, 6) is -1.37. The molecule has 0 radical (unpaired) electrons. The maximum absolute atomic E-state index is 13.5. The summed E-state index contributed by atoms with van der Waals surface area (Å²) in [6.07, 6.45) is 5.50. The summed E-state index contributed by atoms with van der Waals surface area (Å²) in [6, 6.07) is 12.5.